The van der Waals surface area contributed by atoms with Crippen molar-refractivity contribution in [3.8, 4) is 0 Å². The third kappa shape index (κ3) is 2.48. The van der Waals surface area contributed by atoms with Crippen LogP contribution < -0.4 is 5.59 Å². The molecule has 0 amide bonds. The zero-order chi connectivity index (χ0) is 16.0. The van der Waals surface area contributed by atoms with Gasteiger partial charge in [0.15, 0.2) is 0 Å². The normalized spacial score (nSPS) is 20.0. The summed E-state index contributed by atoms with van der Waals surface area (Å²) in [6.07, 6.45) is 2.33. The maximum atomic E-state index is 6.26. The second kappa shape index (κ2) is 5.43. The van der Waals surface area contributed by atoms with E-state index >= 15 is 0 Å². The molecule has 1 aromatic carbocycles. The predicted octanol–water partition coefficient (Wildman–Crippen LogP) is 3.74. The molecule has 2 aromatic rings. The van der Waals surface area contributed by atoms with Crippen molar-refractivity contribution in [2.45, 2.75) is 65.2 Å². The van der Waals surface area contributed by atoms with Gasteiger partial charge in [0.05, 0.1) is 11.2 Å². The molecule has 0 radical (unpaired) electrons. The van der Waals surface area contributed by atoms with Crippen LogP contribution in [-0.4, -0.2) is 22.9 Å². The van der Waals surface area contributed by atoms with Gasteiger partial charge in [-0.25, -0.2) is 0 Å². The maximum absolute atomic E-state index is 6.26. The molecular formula is C18H26BNO2. The molecule has 118 valence electrons. The zero-order valence-electron chi connectivity index (χ0n) is 14.3. The van der Waals surface area contributed by atoms with Crippen LogP contribution in [0.3, 0.4) is 0 Å². The number of aromatic nitrogens is 1. The lowest BCUT2D eigenvalue weighted by Crippen LogP contribution is -2.41. The first kappa shape index (κ1) is 15.6. The van der Waals surface area contributed by atoms with Gasteiger partial charge in [0.25, 0.3) is 0 Å². The summed E-state index contributed by atoms with van der Waals surface area (Å²) in [6, 6.07) is 10.7. The summed E-state index contributed by atoms with van der Waals surface area (Å²) < 4.78 is 14.9. The second-order valence-corrected chi connectivity index (χ2v) is 7.22. The minimum atomic E-state index is -0.302. The number of para-hydroxylation sites is 1. The Kier molecular flexibility index (Phi) is 3.86. The molecule has 3 rings (SSSR count). The van der Waals surface area contributed by atoms with Crippen molar-refractivity contribution in [2.75, 3.05) is 0 Å². The molecule has 22 heavy (non-hydrogen) atoms. The molecule has 1 aliphatic rings. The van der Waals surface area contributed by atoms with E-state index in [0.717, 1.165) is 18.6 Å². The maximum Gasteiger partial charge on any atom is 0.512 e. The number of hydrogen-bond donors (Lipinski definition) is 0. The first-order valence-electron chi connectivity index (χ1n) is 8.29. The van der Waals surface area contributed by atoms with Gasteiger partial charge in [-0.2, -0.15) is 0 Å². The molecule has 0 spiro atoms. The van der Waals surface area contributed by atoms with Crippen molar-refractivity contribution in [3.63, 3.8) is 0 Å². The summed E-state index contributed by atoms with van der Waals surface area (Å²) in [6.45, 7) is 11.6. The fourth-order valence-corrected chi connectivity index (χ4v) is 2.96. The third-order valence-corrected chi connectivity index (χ3v) is 5.07. The summed E-state index contributed by atoms with van der Waals surface area (Å²) >= 11 is 0. The Morgan fingerprint density at radius 1 is 1.05 bits per heavy atom. The lowest BCUT2D eigenvalue weighted by molar-refractivity contribution is 0.00578. The SMILES string of the molecule is CCCCn1c(B2OC(C)(C)C(C)(C)O2)cc2ccccc21. The smallest absolute Gasteiger partial charge is 0.398 e. The van der Waals surface area contributed by atoms with Crippen LogP contribution in [0, 0.1) is 0 Å². The van der Waals surface area contributed by atoms with Crippen molar-refractivity contribution in [1.29, 1.82) is 0 Å². The molecule has 0 unspecified atom stereocenters. The van der Waals surface area contributed by atoms with E-state index in [2.05, 4.69) is 69.5 Å². The van der Waals surface area contributed by atoms with Crippen molar-refractivity contribution < 1.29 is 9.31 Å². The fraction of sp³-hybridized carbons (Fsp3) is 0.556. The van der Waals surface area contributed by atoms with Crippen LogP contribution >= 0.6 is 0 Å². The number of benzene rings is 1. The Balaban J connectivity index is 2.03. The lowest BCUT2D eigenvalue weighted by atomic mass is 9.84. The van der Waals surface area contributed by atoms with Gasteiger partial charge >= 0.3 is 7.12 Å². The Morgan fingerprint density at radius 3 is 2.32 bits per heavy atom. The molecule has 1 aromatic heterocycles. The van der Waals surface area contributed by atoms with Crippen LogP contribution in [0.4, 0.5) is 0 Å². The van der Waals surface area contributed by atoms with Gasteiger partial charge in [-0.1, -0.05) is 31.5 Å². The van der Waals surface area contributed by atoms with Gasteiger partial charge in [-0.05, 0) is 51.6 Å². The molecule has 1 aliphatic heterocycles. The summed E-state index contributed by atoms with van der Waals surface area (Å²) in [5.41, 5.74) is 1.79. The first-order chi connectivity index (χ1) is 10.4. The number of hydrogen-bond acceptors (Lipinski definition) is 2. The molecule has 0 N–H and O–H groups in total. The van der Waals surface area contributed by atoms with E-state index in [1.807, 2.05) is 0 Å². The highest BCUT2D eigenvalue weighted by Crippen LogP contribution is 2.36. The Hall–Kier alpha value is -1.26. The van der Waals surface area contributed by atoms with Gasteiger partial charge in [0.2, 0.25) is 0 Å². The molecule has 3 nitrogen and oxygen atoms in total. The Morgan fingerprint density at radius 2 is 1.68 bits per heavy atom. The number of aryl methyl sites for hydroxylation is 1. The highest BCUT2D eigenvalue weighted by molar-refractivity contribution is 6.61. The first-order valence-corrected chi connectivity index (χ1v) is 8.29. The Labute approximate surface area is 133 Å². The van der Waals surface area contributed by atoms with E-state index in [0.29, 0.717) is 0 Å². The zero-order valence-corrected chi connectivity index (χ0v) is 14.3. The van der Waals surface area contributed by atoms with Gasteiger partial charge < -0.3 is 13.9 Å². The van der Waals surface area contributed by atoms with Gasteiger partial charge in [-0.15, -0.1) is 0 Å². The van der Waals surface area contributed by atoms with E-state index in [1.54, 1.807) is 0 Å². The number of fused-ring (bicyclic) bond motifs is 1. The average molecular weight is 299 g/mol. The molecule has 0 aliphatic carbocycles. The van der Waals surface area contributed by atoms with Crippen LogP contribution in [-0.2, 0) is 15.9 Å². The second-order valence-electron chi connectivity index (χ2n) is 7.22. The van der Waals surface area contributed by atoms with Crippen LogP contribution in [0.1, 0.15) is 47.5 Å². The van der Waals surface area contributed by atoms with E-state index in [9.17, 15) is 0 Å². The van der Waals surface area contributed by atoms with Crippen molar-refractivity contribution in [1.82, 2.24) is 4.57 Å². The number of unbranched alkanes of at least 4 members (excludes halogenated alkanes) is 1. The molecule has 0 bridgehead atoms. The number of nitrogens with zero attached hydrogens (tertiary/aromatic N) is 1. The topological polar surface area (TPSA) is 23.4 Å². The summed E-state index contributed by atoms with van der Waals surface area (Å²) in [5.74, 6) is 0. The van der Waals surface area contributed by atoms with Gasteiger partial charge in [-0.3, -0.25) is 0 Å². The van der Waals surface area contributed by atoms with E-state index in [4.69, 9.17) is 9.31 Å². The van der Waals surface area contributed by atoms with Crippen molar-refractivity contribution >= 4 is 23.6 Å². The van der Waals surface area contributed by atoms with Crippen molar-refractivity contribution in [2.24, 2.45) is 0 Å². The standard InChI is InChI=1S/C18H26BNO2/c1-6-7-12-20-15-11-9-8-10-14(15)13-16(20)19-21-17(2,3)18(4,5)22-19/h8-11,13H,6-7,12H2,1-5H3. The van der Waals surface area contributed by atoms with E-state index < -0.39 is 0 Å². The molecule has 1 saturated heterocycles. The van der Waals surface area contributed by atoms with Gasteiger partial charge in [0, 0.05) is 17.7 Å². The molecule has 2 heterocycles. The number of rotatable bonds is 4. The predicted molar refractivity (Wildman–Crippen MR) is 92.6 cm³/mol. The Bertz CT molecular complexity index is 659. The van der Waals surface area contributed by atoms with Crippen molar-refractivity contribution in [3.05, 3.63) is 30.3 Å². The summed E-state index contributed by atoms with van der Waals surface area (Å²) in [7, 11) is -0.297. The van der Waals surface area contributed by atoms with Crippen LogP contribution in [0.2, 0.25) is 0 Å². The van der Waals surface area contributed by atoms with Crippen LogP contribution in [0.15, 0.2) is 30.3 Å². The van der Waals surface area contributed by atoms with E-state index in [1.165, 1.54) is 17.3 Å². The monoisotopic (exact) mass is 299 g/mol. The largest absolute Gasteiger partial charge is 0.512 e. The molecule has 1 fully saturated rings. The summed E-state index contributed by atoms with van der Waals surface area (Å²) in [5, 5.41) is 1.25. The summed E-state index contributed by atoms with van der Waals surface area (Å²) in [4.78, 5) is 0. The highest BCUT2D eigenvalue weighted by Gasteiger charge is 2.52. The highest BCUT2D eigenvalue weighted by atomic mass is 16.7. The third-order valence-electron chi connectivity index (χ3n) is 5.07. The quantitative estimate of drug-likeness (QED) is 0.803. The van der Waals surface area contributed by atoms with Crippen LogP contribution in [0.25, 0.3) is 10.9 Å². The average Bonchev–Trinajstić information content (AvgIpc) is 2.91. The van der Waals surface area contributed by atoms with Gasteiger partial charge in [0.1, 0.15) is 0 Å². The molecule has 0 saturated carbocycles. The molecule has 0 atom stereocenters. The van der Waals surface area contributed by atoms with Crippen LogP contribution in [0.5, 0.6) is 0 Å². The minimum absolute atomic E-state index is 0.297. The molecular weight excluding hydrogens is 273 g/mol. The van der Waals surface area contributed by atoms with E-state index in [-0.39, 0.29) is 18.3 Å². The molecule has 4 heteroatoms. The fourth-order valence-electron chi connectivity index (χ4n) is 2.96. The lowest BCUT2D eigenvalue weighted by Gasteiger charge is -2.32. The minimum Gasteiger partial charge on any atom is -0.398 e.